The summed E-state index contributed by atoms with van der Waals surface area (Å²) in [6, 6.07) is 6.71. The number of hydrogen-bond donors (Lipinski definition) is 1. The number of nitrogens with one attached hydrogen (secondary N) is 1. The molecule has 1 aromatic carbocycles. The highest BCUT2D eigenvalue weighted by Crippen LogP contribution is 2.23. The van der Waals surface area contributed by atoms with Crippen molar-refractivity contribution in [2.75, 3.05) is 13.7 Å². The molecule has 1 rings (SSSR count). The van der Waals surface area contributed by atoms with Crippen molar-refractivity contribution in [3.8, 4) is 0 Å². The lowest BCUT2D eigenvalue weighted by atomic mass is 10.2. The van der Waals surface area contributed by atoms with Gasteiger partial charge in [-0.1, -0.05) is 13.0 Å². The molecular weight excluding hydrogens is 334 g/mol. The predicted octanol–water partition coefficient (Wildman–Crippen LogP) is 3.73. The van der Waals surface area contributed by atoms with E-state index < -0.39 is 0 Å². The molecule has 0 fully saturated rings. The molecule has 0 saturated heterocycles. The maximum absolute atomic E-state index is 5.15. The van der Waals surface area contributed by atoms with Crippen LogP contribution in [-0.2, 0) is 11.3 Å². The number of ether oxygens (including phenoxy) is 1. The van der Waals surface area contributed by atoms with Crippen LogP contribution in [0.25, 0.3) is 0 Å². The molecule has 0 aliphatic heterocycles. The molecule has 0 heterocycles. The maximum atomic E-state index is 5.15. The minimum absolute atomic E-state index is 0.424. The lowest BCUT2D eigenvalue weighted by molar-refractivity contribution is 0.164. The average Bonchev–Trinajstić information content (AvgIpc) is 2.28. The highest BCUT2D eigenvalue weighted by Gasteiger charge is 2.05. The molecule has 1 atom stereocenters. The van der Waals surface area contributed by atoms with Crippen LogP contribution in [0.3, 0.4) is 0 Å². The van der Waals surface area contributed by atoms with Gasteiger partial charge < -0.3 is 10.1 Å². The van der Waals surface area contributed by atoms with Crippen molar-refractivity contribution in [3.05, 3.63) is 32.7 Å². The van der Waals surface area contributed by atoms with Crippen LogP contribution in [0.2, 0.25) is 0 Å². The van der Waals surface area contributed by atoms with Crippen molar-refractivity contribution < 1.29 is 4.74 Å². The van der Waals surface area contributed by atoms with E-state index in [-0.39, 0.29) is 0 Å². The van der Waals surface area contributed by atoms with E-state index in [1.807, 2.05) is 0 Å². The van der Waals surface area contributed by atoms with Gasteiger partial charge in [-0.3, -0.25) is 0 Å². The van der Waals surface area contributed by atoms with Gasteiger partial charge in [0.2, 0.25) is 0 Å². The molecular formula is C12H17Br2NO. The summed E-state index contributed by atoms with van der Waals surface area (Å²) >= 11 is 6.96. The van der Waals surface area contributed by atoms with Crippen molar-refractivity contribution >= 4 is 31.9 Å². The van der Waals surface area contributed by atoms with Crippen LogP contribution in [0.4, 0.5) is 0 Å². The zero-order valence-electron chi connectivity index (χ0n) is 9.59. The van der Waals surface area contributed by atoms with Crippen LogP contribution in [0.1, 0.15) is 18.9 Å². The Labute approximate surface area is 114 Å². The van der Waals surface area contributed by atoms with E-state index in [9.17, 15) is 0 Å². The fourth-order valence-corrected chi connectivity index (χ4v) is 2.11. The second-order valence-electron chi connectivity index (χ2n) is 3.69. The summed E-state index contributed by atoms with van der Waals surface area (Å²) in [7, 11) is 1.74. The molecule has 2 nitrogen and oxygen atoms in total. The summed E-state index contributed by atoms with van der Waals surface area (Å²) in [6.45, 7) is 3.79. The zero-order chi connectivity index (χ0) is 12.0. The summed E-state index contributed by atoms with van der Waals surface area (Å²) in [5.41, 5.74) is 1.27. The molecule has 0 aliphatic rings. The Balaban J connectivity index is 2.50. The topological polar surface area (TPSA) is 21.3 Å². The van der Waals surface area contributed by atoms with Crippen LogP contribution in [0.15, 0.2) is 27.1 Å². The summed E-state index contributed by atoms with van der Waals surface area (Å²) < 4.78 is 7.32. The standard InChI is InChI=1S/C12H17Br2NO/c1-3-10(8-16-2)15-7-9-4-5-11(13)12(14)6-9/h4-6,10,15H,3,7-8H2,1-2H3. The number of halogens is 2. The quantitative estimate of drug-likeness (QED) is 0.844. The van der Waals surface area contributed by atoms with Gasteiger partial charge in [-0.25, -0.2) is 0 Å². The van der Waals surface area contributed by atoms with Gasteiger partial charge in [0.25, 0.3) is 0 Å². The van der Waals surface area contributed by atoms with Gasteiger partial charge in [0.1, 0.15) is 0 Å². The Bertz CT molecular complexity index is 331. The molecule has 1 unspecified atom stereocenters. The first kappa shape index (κ1) is 14.2. The monoisotopic (exact) mass is 349 g/mol. The summed E-state index contributed by atoms with van der Waals surface area (Å²) in [6.07, 6.45) is 1.07. The Hall–Kier alpha value is 0.1000. The third-order valence-corrected chi connectivity index (χ3v) is 4.32. The molecule has 0 radical (unpaired) electrons. The number of benzene rings is 1. The largest absolute Gasteiger partial charge is 0.383 e. The van der Waals surface area contributed by atoms with E-state index in [0.717, 1.165) is 28.5 Å². The van der Waals surface area contributed by atoms with Gasteiger partial charge >= 0.3 is 0 Å². The lowest BCUT2D eigenvalue weighted by Crippen LogP contribution is -2.31. The van der Waals surface area contributed by atoms with Crippen LogP contribution in [0, 0.1) is 0 Å². The van der Waals surface area contributed by atoms with E-state index in [2.05, 4.69) is 62.3 Å². The maximum Gasteiger partial charge on any atom is 0.0615 e. The SMILES string of the molecule is CCC(COC)NCc1ccc(Br)c(Br)c1. The van der Waals surface area contributed by atoms with E-state index in [1.54, 1.807) is 7.11 Å². The van der Waals surface area contributed by atoms with Crippen LogP contribution in [-0.4, -0.2) is 19.8 Å². The normalized spacial score (nSPS) is 12.8. The Kier molecular flexibility index (Phi) is 6.58. The fraction of sp³-hybridized carbons (Fsp3) is 0.500. The minimum Gasteiger partial charge on any atom is -0.383 e. The first-order chi connectivity index (χ1) is 7.67. The smallest absolute Gasteiger partial charge is 0.0615 e. The molecule has 16 heavy (non-hydrogen) atoms. The van der Waals surface area contributed by atoms with Crippen LogP contribution in [0.5, 0.6) is 0 Å². The van der Waals surface area contributed by atoms with E-state index >= 15 is 0 Å². The first-order valence-electron chi connectivity index (χ1n) is 5.33. The first-order valence-corrected chi connectivity index (χ1v) is 6.92. The number of rotatable bonds is 6. The molecule has 90 valence electrons. The zero-order valence-corrected chi connectivity index (χ0v) is 12.8. The highest BCUT2D eigenvalue weighted by molar-refractivity contribution is 9.13. The molecule has 0 amide bonds. The Morgan fingerprint density at radius 3 is 2.62 bits per heavy atom. The second kappa shape index (κ2) is 7.43. The fourth-order valence-electron chi connectivity index (χ4n) is 1.43. The van der Waals surface area contributed by atoms with E-state index in [4.69, 9.17) is 4.74 Å². The third-order valence-electron chi connectivity index (χ3n) is 2.44. The summed E-state index contributed by atoms with van der Waals surface area (Å²) in [5.74, 6) is 0. The highest BCUT2D eigenvalue weighted by atomic mass is 79.9. The third kappa shape index (κ3) is 4.53. The molecule has 4 heteroatoms. The van der Waals surface area contributed by atoms with Crippen LogP contribution < -0.4 is 5.32 Å². The van der Waals surface area contributed by atoms with Gasteiger partial charge in [0.15, 0.2) is 0 Å². The van der Waals surface area contributed by atoms with Gasteiger partial charge in [-0.15, -0.1) is 0 Å². The molecule has 0 aromatic heterocycles. The molecule has 1 N–H and O–H groups in total. The molecule has 1 aromatic rings. The van der Waals surface area contributed by atoms with E-state index in [0.29, 0.717) is 6.04 Å². The van der Waals surface area contributed by atoms with Crippen molar-refractivity contribution in [1.29, 1.82) is 0 Å². The number of methoxy groups -OCH3 is 1. The lowest BCUT2D eigenvalue weighted by Gasteiger charge is -2.16. The van der Waals surface area contributed by atoms with Gasteiger partial charge in [0.05, 0.1) is 6.61 Å². The van der Waals surface area contributed by atoms with Crippen LogP contribution >= 0.6 is 31.9 Å². The van der Waals surface area contributed by atoms with Gasteiger partial charge in [-0.05, 0) is 56.0 Å². The average molecular weight is 351 g/mol. The van der Waals surface area contributed by atoms with Crippen molar-refractivity contribution in [2.45, 2.75) is 25.9 Å². The van der Waals surface area contributed by atoms with Gasteiger partial charge in [0, 0.05) is 28.6 Å². The van der Waals surface area contributed by atoms with Crippen molar-refractivity contribution in [1.82, 2.24) is 5.32 Å². The van der Waals surface area contributed by atoms with Crippen molar-refractivity contribution in [2.24, 2.45) is 0 Å². The molecule has 0 bridgehead atoms. The predicted molar refractivity (Wildman–Crippen MR) is 74.6 cm³/mol. The Morgan fingerprint density at radius 1 is 1.31 bits per heavy atom. The Morgan fingerprint density at radius 2 is 2.06 bits per heavy atom. The molecule has 0 saturated carbocycles. The second-order valence-corrected chi connectivity index (χ2v) is 5.40. The van der Waals surface area contributed by atoms with Crippen molar-refractivity contribution in [3.63, 3.8) is 0 Å². The minimum atomic E-state index is 0.424. The molecule has 0 spiro atoms. The van der Waals surface area contributed by atoms with Gasteiger partial charge in [-0.2, -0.15) is 0 Å². The summed E-state index contributed by atoms with van der Waals surface area (Å²) in [5, 5.41) is 3.47. The van der Waals surface area contributed by atoms with E-state index in [1.165, 1.54) is 5.56 Å². The molecule has 0 aliphatic carbocycles. The summed E-state index contributed by atoms with van der Waals surface area (Å²) in [4.78, 5) is 0. The number of hydrogen-bond acceptors (Lipinski definition) is 2.